The standard InChI is InChI=1S/C11H10BrN3O2/c12-8-4-14-9(5-13-8)15-10(16)6-1-2-7(3-6)11(15)17/h4-7H,1-3H2. The molecule has 1 saturated carbocycles. The number of carbonyl (C=O) groups excluding carboxylic acids is 2. The fourth-order valence-electron chi connectivity index (χ4n) is 2.55. The van der Waals surface area contributed by atoms with Crippen LogP contribution in [0.15, 0.2) is 17.0 Å². The zero-order valence-corrected chi connectivity index (χ0v) is 10.6. The average molecular weight is 296 g/mol. The fourth-order valence-corrected chi connectivity index (χ4v) is 2.76. The lowest BCUT2D eigenvalue weighted by atomic mass is 9.97. The van der Waals surface area contributed by atoms with E-state index in [0.29, 0.717) is 16.8 Å². The maximum Gasteiger partial charge on any atom is 0.238 e. The summed E-state index contributed by atoms with van der Waals surface area (Å²) < 4.78 is 0.584. The van der Waals surface area contributed by atoms with Gasteiger partial charge in [0.05, 0.1) is 12.4 Å². The first-order chi connectivity index (χ1) is 8.16. The summed E-state index contributed by atoms with van der Waals surface area (Å²) in [5.41, 5.74) is 0. The van der Waals surface area contributed by atoms with Crippen LogP contribution in [0, 0.1) is 11.8 Å². The smallest absolute Gasteiger partial charge is 0.238 e. The molecule has 2 heterocycles. The van der Waals surface area contributed by atoms with Gasteiger partial charge in [0.1, 0.15) is 4.60 Å². The van der Waals surface area contributed by atoms with E-state index in [4.69, 9.17) is 0 Å². The van der Waals surface area contributed by atoms with Crippen molar-refractivity contribution in [1.82, 2.24) is 9.97 Å². The van der Waals surface area contributed by atoms with E-state index in [1.54, 1.807) is 0 Å². The number of anilines is 1. The Kier molecular flexibility index (Phi) is 2.47. The van der Waals surface area contributed by atoms with Crippen molar-refractivity contribution in [2.75, 3.05) is 4.90 Å². The van der Waals surface area contributed by atoms with Crippen LogP contribution < -0.4 is 4.90 Å². The van der Waals surface area contributed by atoms with Gasteiger partial charge in [-0.15, -0.1) is 0 Å². The third-order valence-corrected chi connectivity index (χ3v) is 3.82. The maximum atomic E-state index is 12.1. The molecule has 5 nitrogen and oxygen atoms in total. The summed E-state index contributed by atoms with van der Waals surface area (Å²) in [5, 5.41) is 0. The molecule has 2 atom stereocenters. The van der Waals surface area contributed by atoms with Gasteiger partial charge in [0, 0.05) is 11.8 Å². The van der Waals surface area contributed by atoms with E-state index < -0.39 is 0 Å². The normalized spacial score (nSPS) is 27.7. The minimum Gasteiger partial charge on any atom is -0.274 e. The van der Waals surface area contributed by atoms with Crippen LogP contribution in [-0.4, -0.2) is 21.8 Å². The zero-order valence-electron chi connectivity index (χ0n) is 8.97. The Morgan fingerprint density at radius 3 is 2.29 bits per heavy atom. The number of aromatic nitrogens is 2. The lowest BCUT2D eigenvalue weighted by molar-refractivity contribution is -0.133. The van der Waals surface area contributed by atoms with Crippen LogP contribution in [0.2, 0.25) is 0 Å². The van der Waals surface area contributed by atoms with E-state index in [1.807, 2.05) is 0 Å². The first-order valence-corrected chi connectivity index (χ1v) is 6.31. The molecule has 0 spiro atoms. The molecule has 1 aliphatic carbocycles. The molecule has 1 aromatic heterocycles. The molecule has 0 aromatic carbocycles. The maximum absolute atomic E-state index is 12.1. The van der Waals surface area contributed by atoms with Crippen molar-refractivity contribution in [2.45, 2.75) is 19.3 Å². The predicted molar refractivity (Wildman–Crippen MR) is 63.1 cm³/mol. The SMILES string of the molecule is O=C1C2CCC(C2)C(=O)N1c1cnc(Br)cn1. The second kappa shape index (κ2) is 3.87. The minimum absolute atomic E-state index is 0.0110. The molecule has 0 N–H and O–H groups in total. The van der Waals surface area contributed by atoms with Crippen LogP contribution in [0.25, 0.3) is 0 Å². The minimum atomic E-state index is -0.125. The van der Waals surface area contributed by atoms with Gasteiger partial charge in [0.15, 0.2) is 5.82 Å². The van der Waals surface area contributed by atoms with E-state index in [9.17, 15) is 9.59 Å². The van der Waals surface area contributed by atoms with Crippen LogP contribution in [0.3, 0.4) is 0 Å². The number of halogens is 1. The van der Waals surface area contributed by atoms with Crippen LogP contribution in [0.4, 0.5) is 5.82 Å². The van der Waals surface area contributed by atoms with Crippen LogP contribution in [-0.2, 0) is 9.59 Å². The molecule has 2 fully saturated rings. The van der Waals surface area contributed by atoms with Crippen molar-refractivity contribution in [3.8, 4) is 0 Å². The Balaban J connectivity index is 1.99. The number of piperidine rings is 1. The molecule has 88 valence electrons. The van der Waals surface area contributed by atoms with Crippen molar-refractivity contribution in [2.24, 2.45) is 11.8 Å². The van der Waals surface area contributed by atoms with Gasteiger partial charge in [0.2, 0.25) is 11.8 Å². The number of hydrogen-bond acceptors (Lipinski definition) is 4. The van der Waals surface area contributed by atoms with Crippen LogP contribution in [0.5, 0.6) is 0 Å². The molecule has 2 bridgehead atoms. The number of amides is 2. The summed E-state index contributed by atoms with van der Waals surface area (Å²) in [6.07, 6.45) is 5.28. The largest absolute Gasteiger partial charge is 0.274 e. The molecule has 3 rings (SSSR count). The number of imide groups is 1. The Bertz CT molecular complexity index is 466. The Labute approximate surface area is 106 Å². The van der Waals surface area contributed by atoms with E-state index in [1.165, 1.54) is 17.3 Å². The monoisotopic (exact) mass is 295 g/mol. The number of carbonyl (C=O) groups is 2. The summed E-state index contributed by atoms with van der Waals surface area (Å²) in [6.45, 7) is 0. The fraction of sp³-hybridized carbons (Fsp3) is 0.455. The second-order valence-electron chi connectivity index (χ2n) is 4.42. The lowest BCUT2D eigenvalue weighted by Gasteiger charge is -2.28. The number of rotatable bonds is 1. The molecule has 6 heteroatoms. The van der Waals surface area contributed by atoms with E-state index >= 15 is 0 Å². The van der Waals surface area contributed by atoms with E-state index in [0.717, 1.165) is 12.8 Å². The number of hydrogen-bond donors (Lipinski definition) is 0. The molecule has 1 aliphatic heterocycles. The number of nitrogens with zero attached hydrogens (tertiary/aromatic N) is 3. The van der Waals surface area contributed by atoms with Gasteiger partial charge in [-0.05, 0) is 35.2 Å². The molecular formula is C11H10BrN3O2. The van der Waals surface area contributed by atoms with Crippen LogP contribution >= 0.6 is 15.9 Å². The van der Waals surface area contributed by atoms with E-state index in [-0.39, 0.29) is 23.7 Å². The highest BCUT2D eigenvalue weighted by molar-refractivity contribution is 9.10. The summed E-state index contributed by atoms with van der Waals surface area (Å²) in [6, 6.07) is 0. The van der Waals surface area contributed by atoms with Crippen LogP contribution in [0.1, 0.15) is 19.3 Å². The Morgan fingerprint density at radius 1 is 1.12 bits per heavy atom. The Hall–Kier alpha value is -1.30. The summed E-state index contributed by atoms with van der Waals surface area (Å²) in [4.78, 5) is 33.5. The van der Waals surface area contributed by atoms with E-state index in [2.05, 4.69) is 25.9 Å². The number of fused-ring (bicyclic) bond motifs is 2. The van der Waals surface area contributed by atoms with Crippen molar-refractivity contribution in [3.05, 3.63) is 17.0 Å². The summed E-state index contributed by atoms with van der Waals surface area (Å²) >= 11 is 3.17. The van der Waals surface area contributed by atoms with Crippen molar-refractivity contribution in [1.29, 1.82) is 0 Å². The first-order valence-electron chi connectivity index (χ1n) is 5.52. The van der Waals surface area contributed by atoms with Gasteiger partial charge in [0.25, 0.3) is 0 Å². The molecule has 2 unspecified atom stereocenters. The van der Waals surface area contributed by atoms with Gasteiger partial charge in [-0.2, -0.15) is 0 Å². The topological polar surface area (TPSA) is 63.2 Å². The molecule has 1 saturated heterocycles. The highest BCUT2D eigenvalue weighted by Crippen LogP contribution is 2.39. The third-order valence-electron chi connectivity index (χ3n) is 3.41. The lowest BCUT2D eigenvalue weighted by Crippen LogP contribution is -2.46. The predicted octanol–water partition coefficient (Wildman–Crippen LogP) is 1.53. The molecule has 1 aromatic rings. The van der Waals surface area contributed by atoms with Crippen molar-refractivity contribution >= 4 is 33.6 Å². The molecule has 2 aliphatic rings. The average Bonchev–Trinajstić information content (AvgIpc) is 2.76. The third kappa shape index (κ3) is 1.67. The zero-order chi connectivity index (χ0) is 12.0. The van der Waals surface area contributed by atoms with Crippen molar-refractivity contribution in [3.63, 3.8) is 0 Å². The van der Waals surface area contributed by atoms with Gasteiger partial charge >= 0.3 is 0 Å². The second-order valence-corrected chi connectivity index (χ2v) is 5.23. The van der Waals surface area contributed by atoms with Gasteiger partial charge in [-0.25, -0.2) is 14.9 Å². The summed E-state index contributed by atoms with van der Waals surface area (Å²) in [7, 11) is 0. The molecule has 2 amide bonds. The highest BCUT2D eigenvalue weighted by Gasteiger charge is 2.46. The van der Waals surface area contributed by atoms with Crippen molar-refractivity contribution < 1.29 is 9.59 Å². The Morgan fingerprint density at radius 2 is 1.76 bits per heavy atom. The van der Waals surface area contributed by atoms with Gasteiger partial charge in [-0.1, -0.05) is 0 Å². The highest BCUT2D eigenvalue weighted by atomic mass is 79.9. The van der Waals surface area contributed by atoms with Gasteiger partial charge < -0.3 is 0 Å². The molecule has 0 radical (unpaired) electrons. The molecular weight excluding hydrogens is 286 g/mol. The molecule has 17 heavy (non-hydrogen) atoms. The quantitative estimate of drug-likeness (QED) is 0.737. The first kappa shape index (κ1) is 10.8. The summed E-state index contributed by atoms with van der Waals surface area (Å²) in [5.74, 6) is 0.0619. The van der Waals surface area contributed by atoms with Gasteiger partial charge in [-0.3, -0.25) is 9.59 Å².